The highest BCUT2D eigenvalue weighted by molar-refractivity contribution is 4.91. The third-order valence-electron chi connectivity index (χ3n) is 2.68. The number of piperazine rings is 1. The minimum absolute atomic E-state index is 0.0156. The number of alkyl halides is 3. The second-order valence-corrected chi connectivity index (χ2v) is 4.09. The topological polar surface area (TPSA) is 45.4 Å². The Kier molecular flexibility index (Phi) is 3.34. The van der Waals surface area contributed by atoms with E-state index in [0.29, 0.717) is 0 Å². The Labute approximate surface area is 96.2 Å². The van der Waals surface area contributed by atoms with Gasteiger partial charge in [0.05, 0.1) is 6.54 Å². The summed E-state index contributed by atoms with van der Waals surface area (Å²) in [5.41, 5.74) is 0. The van der Waals surface area contributed by atoms with E-state index in [0.717, 1.165) is 26.2 Å². The van der Waals surface area contributed by atoms with Crippen molar-refractivity contribution in [2.75, 3.05) is 33.2 Å². The van der Waals surface area contributed by atoms with Crippen molar-refractivity contribution in [1.82, 2.24) is 19.9 Å². The molecule has 1 saturated heterocycles. The van der Waals surface area contributed by atoms with Gasteiger partial charge in [0.15, 0.2) is 0 Å². The molecule has 1 aromatic rings. The first-order valence-corrected chi connectivity index (χ1v) is 5.26. The normalized spacial score (nSPS) is 19.8. The molecule has 0 aromatic carbocycles. The number of halogens is 3. The van der Waals surface area contributed by atoms with Crippen LogP contribution >= 0.6 is 0 Å². The summed E-state index contributed by atoms with van der Waals surface area (Å²) in [7, 11) is 2.01. The molecule has 17 heavy (non-hydrogen) atoms. The van der Waals surface area contributed by atoms with Crippen LogP contribution in [0, 0.1) is 0 Å². The molecule has 0 unspecified atom stereocenters. The van der Waals surface area contributed by atoms with E-state index in [1.54, 1.807) is 0 Å². The van der Waals surface area contributed by atoms with E-state index in [9.17, 15) is 13.2 Å². The van der Waals surface area contributed by atoms with Gasteiger partial charge in [-0.3, -0.25) is 4.90 Å². The summed E-state index contributed by atoms with van der Waals surface area (Å²) in [6.45, 7) is 3.64. The Morgan fingerprint density at radius 3 is 2.41 bits per heavy atom. The lowest BCUT2D eigenvalue weighted by Gasteiger charge is -2.31. The fourth-order valence-electron chi connectivity index (χ4n) is 1.63. The SMILES string of the molecule is CN1CCN(Cc2nc(C(F)(F)F)no2)CC1. The second-order valence-electron chi connectivity index (χ2n) is 4.09. The lowest BCUT2D eigenvalue weighted by Crippen LogP contribution is -2.43. The lowest BCUT2D eigenvalue weighted by atomic mass is 10.3. The number of hydrogen-bond donors (Lipinski definition) is 0. The molecule has 1 fully saturated rings. The molecule has 0 N–H and O–H groups in total. The molecule has 0 radical (unpaired) electrons. The molecule has 1 aliphatic rings. The van der Waals surface area contributed by atoms with Crippen LogP contribution in [0.2, 0.25) is 0 Å². The molecule has 1 aromatic heterocycles. The summed E-state index contributed by atoms with van der Waals surface area (Å²) in [6.07, 6.45) is -4.54. The predicted octanol–water partition coefficient (Wildman–Crippen LogP) is 0.836. The number of nitrogens with zero attached hydrogens (tertiary/aromatic N) is 4. The van der Waals surface area contributed by atoms with Crippen molar-refractivity contribution in [3.05, 3.63) is 11.7 Å². The van der Waals surface area contributed by atoms with Crippen LogP contribution in [0.25, 0.3) is 0 Å². The van der Waals surface area contributed by atoms with Crippen molar-refractivity contribution >= 4 is 0 Å². The van der Waals surface area contributed by atoms with Gasteiger partial charge in [-0.25, -0.2) is 0 Å². The molecule has 8 heteroatoms. The zero-order valence-electron chi connectivity index (χ0n) is 9.37. The fourth-order valence-corrected chi connectivity index (χ4v) is 1.63. The van der Waals surface area contributed by atoms with E-state index < -0.39 is 12.0 Å². The largest absolute Gasteiger partial charge is 0.455 e. The third kappa shape index (κ3) is 3.16. The van der Waals surface area contributed by atoms with E-state index in [2.05, 4.69) is 19.6 Å². The third-order valence-corrected chi connectivity index (χ3v) is 2.68. The van der Waals surface area contributed by atoms with E-state index in [-0.39, 0.29) is 12.4 Å². The van der Waals surface area contributed by atoms with E-state index in [1.807, 2.05) is 11.9 Å². The summed E-state index contributed by atoms with van der Waals surface area (Å²) in [4.78, 5) is 7.49. The highest BCUT2D eigenvalue weighted by Crippen LogP contribution is 2.26. The second kappa shape index (κ2) is 4.61. The van der Waals surface area contributed by atoms with Gasteiger partial charge in [0.25, 0.3) is 5.82 Å². The van der Waals surface area contributed by atoms with Crippen molar-refractivity contribution in [2.24, 2.45) is 0 Å². The predicted molar refractivity (Wildman–Crippen MR) is 52.1 cm³/mol. The molecule has 2 heterocycles. The Balaban J connectivity index is 1.93. The first kappa shape index (κ1) is 12.3. The van der Waals surface area contributed by atoms with Gasteiger partial charge >= 0.3 is 6.18 Å². The van der Waals surface area contributed by atoms with Gasteiger partial charge in [0.2, 0.25) is 5.89 Å². The van der Waals surface area contributed by atoms with Crippen LogP contribution in [-0.4, -0.2) is 53.2 Å². The summed E-state index contributed by atoms with van der Waals surface area (Å²) in [5.74, 6) is -1.19. The number of likely N-dealkylation sites (N-methyl/N-ethyl adjacent to an activating group) is 1. The quantitative estimate of drug-likeness (QED) is 0.778. The van der Waals surface area contributed by atoms with Crippen LogP contribution in [-0.2, 0) is 12.7 Å². The molecular formula is C9H13F3N4O. The number of aromatic nitrogens is 2. The van der Waals surface area contributed by atoms with Gasteiger partial charge in [0, 0.05) is 26.2 Å². The van der Waals surface area contributed by atoms with Gasteiger partial charge in [-0.15, -0.1) is 0 Å². The van der Waals surface area contributed by atoms with Crippen molar-refractivity contribution in [1.29, 1.82) is 0 Å². The molecule has 0 atom stereocenters. The molecule has 2 rings (SSSR count). The summed E-state index contributed by atoms with van der Waals surface area (Å²) in [5, 5.41) is 2.92. The van der Waals surface area contributed by atoms with Crippen LogP contribution < -0.4 is 0 Å². The first-order valence-electron chi connectivity index (χ1n) is 5.26. The fraction of sp³-hybridized carbons (Fsp3) is 0.778. The smallest absolute Gasteiger partial charge is 0.338 e. The Hall–Kier alpha value is -1.15. The Morgan fingerprint density at radius 2 is 1.88 bits per heavy atom. The molecule has 0 spiro atoms. The van der Waals surface area contributed by atoms with Crippen LogP contribution in [0.15, 0.2) is 4.52 Å². The van der Waals surface area contributed by atoms with Gasteiger partial charge < -0.3 is 9.42 Å². The molecule has 5 nitrogen and oxygen atoms in total. The molecular weight excluding hydrogens is 237 g/mol. The summed E-state index contributed by atoms with van der Waals surface area (Å²) in [6, 6.07) is 0. The van der Waals surface area contributed by atoms with E-state index in [1.165, 1.54) is 0 Å². The molecule has 96 valence electrons. The lowest BCUT2D eigenvalue weighted by molar-refractivity contribution is -0.146. The van der Waals surface area contributed by atoms with Crippen molar-refractivity contribution in [2.45, 2.75) is 12.7 Å². The Morgan fingerprint density at radius 1 is 1.24 bits per heavy atom. The monoisotopic (exact) mass is 250 g/mol. The van der Waals surface area contributed by atoms with E-state index >= 15 is 0 Å². The molecule has 0 saturated carbocycles. The van der Waals surface area contributed by atoms with Crippen LogP contribution in [0.4, 0.5) is 13.2 Å². The average Bonchev–Trinajstić information content (AvgIpc) is 2.69. The van der Waals surface area contributed by atoms with Crippen molar-refractivity contribution < 1.29 is 17.7 Å². The Bertz CT molecular complexity index is 371. The standard InChI is InChI=1S/C9H13F3N4O/c1-15-2-4-16(5-3-15)6-7-13-8(14-17-7)9(10,11)12/h2-6H2,1H3. The maximum absolute atomic E-state index is 12.2. The van der Waals surface area contributed by atoms with Crippen LogP contribution in [0.1, 0.15) is 11.7 Å². The molecule has 1 aliphatic heterocycles. The number of hydrogen-bond acceptors (Lipinski definition) is 5. The average molecular weight is 250 g/mol. The van der Waals surface area contributed by atoms with E-state index in [4.69, 9.17) is 0 Å². The van der Waals surface area contributed by atoms with Crippen LogP contribution in [0.5, 0.6) is 0 Å². The highest BCUT2D eigenvalue weighted by Gasteiger charge is 2.37. The molecule has 0 aliphatic carbocycles. The maximum atomic E-state index is 12.2. The van der Waals surface area contributed by atoms with Crippen LogP contribution in [0.3, 0.4) is 0 Å². The zero-order chi connectivity index (χ0) is 12.5. The minimum atomic E-state index is -4.54. The summed E-state index contributed by atoms with van der Waals surface area (Å²) < 4.78 is 41.3. The van der Waals surface area contributed by atoms with Gasteiger partial charge in [-0.1, -0.05) is 5.16 Å². The summed E-state index contributed by atoms with van der Waals surface area (Å²) >= 11 is 0. The molecule has 0 bridgehead atoms. The molecule has 0 amide bonds. The highest BCUT2D eigenvalue weighted by atomic mass is 19.4. The van der Waals surface area contributed by atoms with Gasteiger partial charge in [-0.05, 0) is 7.05 Å². The first-order chi connectivity index (χ1) is 7.95. The van der Waals surface area contributed by atoms with Crippen molar-refractivity contribution in [3.63, 3.8) is 0 Å². The minimum Gasteiger partial charge on any atom is -0.338 e. The van der Waals surface area contributed by atoms with Gasteiger partial charge in [-0.2, -0.15) is 18.2 Å². The number of rotatable bonds is 2. The van der Waals surface area contributed by atoms with Gasteiger partial charge in [0.1, 0.15) is 0 Å². The zero-order valence-corrected chi connectivity index (χ0v) is 9.37. The maximum Gasteiger partial charge on any atom is 0.455 e. The van der Waals surface area contributed by atoms with Crippen molar-refractivity contribution in [3.8, 4) is 0 Å².